The standard InChI is InChI=1S/C14H14BrClN4O/c1-2-4-18-13-7-9(6-12(16)20-13)14(21)19-11-3-5-17-8-10(11)15/h3,5-8H,2,4H2,1H3,(H,18,20)(H,17,19,21). The Hall–Kier alpha value is -1.66. The summed E-state index contributed by atoms with van der Waals surface area (Å²) in [5.41, 5.74) is 1.09. The monoisotopic (exact) mass is 368 g/mol. The Morgan fingerprint density at radius 3 is 2.95 bits per heavy atom. The summed E-state index contributed by atoms with van der Waals surface area (Å²) in [5.74, 6) is 0.328. The Kier molecular flexibility index (Phi) is 5.52. The second kappa shape index (κ2) is 7.38. The van der Waals surface area contributed by atoms with Crippen molar-refractivity contribution >= 4 is 44.9 Å². The van der Waals surface area contributed by atoms with Gasteiger partial charge in [0.05, 0.1) is 10.2 Å². The molecule has 0 aliphatic rings. The highest BCUT2D eigenvalue weighted by atomic mass is 79.9. The van der Waals surface area contributed by atoms with Crippen molar-refractivity contribution in [1.29, 1.82) is 0 Å². The molecule has 0 aromatic carbocycles. The first-order valence-electron chi connectivity index (χ1n) is 6.42. The lowest BCUT2D eigenvalue weighted by Crippen LogP contribution is -2.13. The zero-order chi connectivity index (χ0) is 15.2. The summed E-state index contributed by atoms with van der Waals surface area (Å²) < 4.78 is 0.711. The van der Waals surface area contributed by atoms with Crippen molar-refractivity contribution in [2.45, 2.75) is 13.3 Å². The molecule has 0 bridgehead atoms. The molecule has 1 amide bonds. The van der Waals surface area contributed by atoms with Gasteiger partial charge in [0.15, 0.2) is 0 Å². The second-order valence-corrected chi connectivity index (χ2v) is 5.54. The zero-order valence-corrected chi connectivity index (χ0v) is 13.7. The third-order valence-corrected chi connectivity index (χ3v) is 3.46. The van der Waals surface area contributed by atoms with E-state index in [1.54, 1.807) is 24.5 Å². The number of aromatic nitrogens is 2. The number of nitrogens with zero attached hydrogens (tertiary/aromatic N) is 2. The first kappa shape index (κ1) is 15.7. The van der Waals surface area contributed by atoms with Crippen LogP contribution < -0.4 is 10.6 Å². The molecular weight excluding hydrogens is 356 g/mol. The van der Waals surface area contributed by atoms with E-state index in [4.69, 9.17) is 11.6 Å². The lowest BCUT2D eigenvalue weighted by molar-refractivity contribution is 0.102. The maximum Gasteiger partial charge on any atom is 0.255 e. The van der Waals surface area contributed by atoms with Crippen LogP contribution in [0.1, 0.15) is 23.7 Å². The first-order valence-corrected chi connectivity index (χ1v) is 7.59. The summed E-state index contributed by atoms with van der Waals surface area (Å²) in [4.78, 5) is 20.4. The highest BCUT2D eigenvalue weighted by molar-refractivity contribution is 9.10. The Labute approximate surface area is 136 Å². The third-order valence-electron chi connectivity index (χ3n) is 2.63. The smallest absolute Gasteiger partial charge is 0.255 e. The van der Waals surface area contributed by atoms with Crippen LogP contribution in [0.5, 0.6) is 0 Å². The molecule has 2 aromatic rings. The fourth-order valence-electron chi connectivity index (χ4n) is 1.64. The van der Waals surface area contributed by atoms with Gasteiger partial charge in [-0.05, 0) is 40.5 Å². The molecule has 0 spiro atoms. The van der Waals surface area contributed by atoms with E-state index < -0.39 is 0 Å². The minimum atomic E-state index is -0.259. The Balaban J connectivity index is 2.19. The Morgan fingerprint density at radius 2 is 2.24 bits per heavy atom. The summed E-state index contributed by atoms with van der Waals surface area (Å²) in [6, 6.07) is 4.91. The molecule has 0 radical (unpaired) electrons. The van der Waals surface area contributed by atoms with E-state index >= 15 is 0 Å². The van der Waals surface area contributed by atoms with E-state index in [1.807, 2.05) is 6.92 Å². The van der Waals surface area contributed by atoms with Crippen LogP contribution in [0.2, 0.25) is 5.15 Å². The third kappa shape index (κ3) is 4.41. The van der Waals surface area contributed by atoms with Gasteiger partial charge < -0.3 is 10.6 Å². The molecule has 0 aliphatic heterocycles. The van der Waals surface area contributed by atoms with E-state index in [0.29, 0.717) is 21.5 Å². The average Bonchev–Trinajstić information content (AvgIpc) is 2.47. The first-order chi connectivity index (χ1) is 10.1. The lowest BCUT2D eigenvalue weighted by Gasteiger charge is -2.09. The van der Waals surface area contributed by atoms with E-state index in [9.17, 15) is 4.79 Å². The van der Waals surface area contributed by atoms with Gasteiger partial charge in [0.1, 0.15) is 11.0 Å². The minimum absolute atomic E-state index is 0.259. The molecule has 0 aliphatic carbocycles. The largest absolute Gasteiger partial charge is 0.370 e. The second-order valence-electron chi connectivity index (χ2n) is 4.30. The van der Waals surface area contributed by atoms with Gasteiger partial charge in [0.2, 0.25) is 0 Å². The number of anilines is 2. The van der Waals surface area contributed by atoms with Crippen LogP contribution >= 0.6 is 27.5 Å². The molecule has 2 aromatic heterocycles. The molecule has 7 heteroatoms. The van der Waals surface area contributed by atoms with E-state index in [1.165, 1.54) is 6.07 Å². The number of rotatable bonds is 5. The highest BCUT2D eigenvalue weighted by Gasteiger charge is 2.11. The quantitative estimate of drug-likeness (QED) is 0.783. The number of amides is 1. The number of carbonyl (C=O) groups is 1. The van der Waals surface area contributed by atoms with E-state index in [-0.39, 0.29) is 11.1 Å². The molecule has 0 unspecified atom stereocenters. The molecule has 110 valence electrons. The van der Waals surface area contributed by atoms with Gasteiger partial charge in [-0.25, -0.2) is 4.98 Å². The molecular formula is C14H14BrClN4O. The average molecular weight is 370 g/mol. The van der Waals surface area contributed by atoms with Gasteiger partial charge in [-0.1, -0.05) is 18.5 Å². The summed E-state index contributed by atoms with van der Waals surface area (Å²) >= 11 is 9.29. The van der Waals surface area contributed by atoms with Gasteiger partial charge in [0.25, 0.3) is 5.91 Å². The zero-order valence-electron chi connectivity index (χ0n) is 11.4. The van der Waals surface area contributed by atoms with Crippen molar-refractivity contribution in [3.8, 4) is 0 Å². The van der Waals surface area contributed by atoms with Crippen LogP contribution in [-0.2, 0) is 0 Å². The van der Waals surface area contributed by atoms with Crippen molar-refractivity contribution < 1.29 is 4.79 Å². The van der Waals surface area contributed by atoms with Crippen molar-refractivity contribution in [3.63, 3.8) is 0 Å². The Morgan fingerprint density at radius 1 is 1.43 bits per heavy atom. The topological polar surface area (TPSA) is 66.9 Å². The molecule has 5 nitrogen and oxygen atoms in total. The van der Waals surface area contributed by atoms with Gasteiger partial charge >= 0.3 is 0 Å². The number of pyridine rings is 2. The summed E-state index contributed by atoms with van der Waals surface area (Å²) in [5, 5.41) is 6.18. The normalized spacial score (nSPS) is 10.2. The fourth-order valence-corrected chi connectivity index (χ4v) is 2.20. The van der Waals surface area contributed by atoms with Gasteiger partial charge in [-0.15, -0.1) is 0 Å². The number of hydrogen-bond donors (Lipinski definition) is 2. The highest BCUT2D eigenvalue weighted by Crippen LogP contribution is 2.22. The summed E-state index contributed by atoms with van der Waals surface area (Å²) in [7, 11) is 0. The molecule has 0 atom stereocenters. The fraction of sp³-hybridized carbons (Fsp3) is 0.214. The predicted molar refractivity (Wildman–Crippen MR) is 87.9 cm³/mol. The van der Waals surface area contributed by atoms with Crippen LogP contribution in [0, 0.1) is 0 Å². The number of halogens is 2. The van der Waals surface area contributed by atoms with E-state index in [2.05, 4.69) is 36.5 Å². The minimum Gasteiger partial charge on any atom is -0.370 e. The van der Waals surface area contributed by atoms with Crippen molar-refractivity contribution in [1.82, 2.24) is 9.97 Å². The molecule has 2 N–H and O–H groups in total. The maximum atomic E-state index is 12.3. The molecule has 2 rings (SSSR count). The summed E-state index contributed by atoms with van der Waals surface area (Å²) in [6.07, 6.45) is 4.18. The van der Waals surface area contributed by atoms with Crippen LogP contribution in [-0.4, -0.2) is 22.4 Å². The molecule has 0 fully saturated rings. The van der Waals surface area contributed by atoms with Crippen LogP contribution in [0.4, 0.5) is 11.5 Å². The van der Waals surface area contributed by atoms with Gasteiger partial charge in [-0.2, -0.15) is 0 Å². The predicted octanol–water partition coefficient (Wildman–Crippen LogP) is 3.97. The van der Waals surface area contributed by atoms with Crippen LogP contribution in [0.15, 0.2) is 35.1 Å². The molecule has 21 heavy (non-hydrogen) atoms. The van der Waals surface area contributed by atoms with Gasteiger partial charge in [0, 0.05) is 24.5 Å². The van der Waals surface area contributed by atoms with Crippen molar-refractivity contribution in [2.75, 3.05) is 17.2 Å². The van der Waals surface area contributed by atoms with E-state index in [0.717, 1.165) is 13.0 Å². The van der Waals surface area contributed by atoms with Gasteiger partial charge in [-0.3, -0.25) is 9.78 Å². The summed E-state index contributed by atoms with van der Waals surface area (Å²) in [6.45, 7) is 2.82. The number of hydrogen-bond acceptors (Lipinski definition) is 4. The molecule has 0 saturated carbocycles. The number of nitrogens with one attached hydrogen (secondary N) is 2. The van der Waals surface area contributed by atoms with Crippen LogP contribution in [0.25, 0.3) is 0 Å². The lowest BCUT2D eigenvalue weighted by atomic mass is 10.2. The molecule has 2 heterocycles. The van der Waals surface area contributed by atoms with Crippen molar-refractivity contribution in [2.24, 2.45) is 0 Å². The van der Waals surface area contributed by atoms with Crippen LogP contribution in [0.3, 0.4) is 0 Å². The Bertz CT molecular complexity index is 651. The maximum absolute atomic E-state index is 12.3. The molecule has 0 saturated heterocycles. The number of carbonyl (C=O) groups excluding carboxylic acids is 1. The SMILES string of the molecule is CCCNc1cc(C(=O)Nc2ccncc2Br)cc(Cl)n1. The van der Waals surface area contributed by atoms with Crippen molar-refractivity contribution in [3.05, 3.63) is 45.8 Å².